The van der Waals surface area contributed by atoms with Crippen LogP contribution in [-0.4, -0.2) is 42.0 Å². The number of unbranched alkanes of at least 4 members (excludes halogenated alkanes) is 15. The fraction of sp³-hybridized carbons (Fsp3) is 0.867. The standard InChI is InChI=1S/C30H57N3O/c1-5-7-8-9-10-11-12-13-14-15-16-17-18-19-20-21-22-23-24-25-30-31-26-27-33(30,6-2)28(3)32-29(4)34/h8-9,26,28,30H,5-7,10-25,27H2,1-4H3/p+1/b9-8+. The minimum atomic E-state index is 0.0606. The molecule has 1 rings (SSSR count). The first-order valence-corrected chi connectivity index (χ1v) is 14.9. The summed E-state index contributed by atoms with van der Waals surface area (Å²) in [5, 5.41) is 3.12. The van der Waals surface area contributed by atoms with Crippen LogP contribution < -0.4 is 5.32 Å². The molecule has 0 aromatic rings. The molecular weight excluding hydrogens is 418 g/mol. The van der Waals surface area contributed by atoms with Crippen molar-refractivity contribution < 1.29 is 9.28 Å². The molecule has 0 saturated carbocycles. The number of aliphatic imine (C=N–C) groups is 1. The second-order valence-electron chi connectivity index (χ2n) is 10.6. The van der Waals surface area contributed by atoms with Crippen molar-refractivity contribution in [2.75, 3.05) is 13.1 Å². The van der Waals surface area contributed by atoms with Crippen molar-refractivity contribution in [3.05, 3.63) is 12.2 Å². The predicted octanol–water partition coefficient (Wildman–Crippen LogP) is 8.31. The summed E-state index contributed by atoms with van der Waals surface area (Å²) in [5.41, 5.74) is 0. The van der Waals surface area contributed by atoms with E-state index in [2.05, 4.69) is 44.5 Å². The summed E-state index contributed by atoms with van der Waals surface area (Å²) >= 11 is 0. The quantitative estimate of drug-likeness (QED) is 0.0952. The number of hydrogen-bond acceptors (Lipinski definition) is 2. The summed E-state index contributed by atoms with van der Waals surface area (Å²) in [6.45, 7) is 10.2. The molecule has 0 radical (unpaired) electrons. The summed E-state index contributed by atoms with van der Waals surface area (Å²) in [6, 6.07) is 0. The number of nitrogens with one attached hydrogen (secondary N) is 1. The molecule has 1 heterocycles. The number of allylic oxidation sites excluding steroid dienone is 2. The van der Waals surface area contributed by atoms with E-state index >= 15 is 0 Å². The van der Waals surface area contributed by atoms with Crippen LogP contribution in [-0.2, 0) is 4.79 Å². The highest BCUT2D eigenvalue weighted by atomic mass is 16.1. The van der Waals surface area contributed by atoms with Gasteiger partial charge in [0.25, 0.3) is 0 Å². The Morgan fingerprint density at radius 1 is 0.882 bits per heavy atom. The van der Waals surface area contributed by atoms with E-state index in [0.717, 1.165) is 24.0 Å². The fourth-order valence-electron chi connectivity index (χ4n) is 5.47. The molecular formula is C30H58N3O+. The second kappa shape index (κ2) is 20.1. The van der Waals surface area contributed by atoms with E-state index in [1.807, 2.05) is 0 Å². The van der Waals surface area contributed by atoms with E-state index in [0.29, 0.717) is 6.17 Å². The van der Waals surface area contributed by atoms with Crippen molar-refractivity contribution in [2.45, 2.75) is 156 Å². The molecule has 3 atom stereocenters. The Hall–Kier alpha value is -1.16. The highest BCUT2D eigenvalue weighted by Crippen LogP contribution is 2.27. The van der Waals surface area contributed by atoms with Gasteiger partial charge in [0, 0.05) is 20.3 Å². The average Bonchev–Trinajstić information content (AvgIpc) is 3.24. The molecule has 1 amide bonds. The van der Waals surface area contributed by atoms with Gasteiger partial charge in [0.2, 0.25) is 5.91 Å². The monoisotopic (exact) mass is 476 g/mol. The lowest BCUT2D eigenvalue weighted by molar-refractivity contribution is -0.959. The lowest BCUT2D eigenvalue weighted by Crippen LogP contribution is -2.63. The van der Waals surface area contributed by atoms with Gasteiger partial charge in [-0.2, -0.15) is 0 Å². The van der Waals surface area contributed by atoms with Gasteiger partial charge in [0.05, 0.1) is 12.8 Å². The third-order valence-electron chi connectivity index (χ3n) is 7.77. The number of rotatable bonds is 22. The zero-order valence-electron chi connectivity index (χ0n) is 23.3. The zero-order chi connectivity index (χ0) is 24.9. The predicted molar refractivity (Wildman–Crippen MR) is 149 cm³/mol. The molecule has 0 saturated heterocycles. The molecule has 0 spiro atoms. The van der Waals surface area contributed by atoms with Crippen molar-refractivity contribution in [1.29, 1.82) is 0 Å². The van der Waals surface area contributed by atoms with Crippen molar-refractivity contribution in [3.63, 3.8) is 0 Å². The van der Waals surface area contributed by atoms with Crippen molar-refractivity contribution in [1.82, 2.24) is 5.32 Å². The Balaban J connectivity index is 1.93. The maximum atomic E-state index is 11.6. The molecule has 0 aromatic carbocycles. The van der Waals surface area contributed by atoms with Crippen LogP contribution in [0.1, 0.15) is 143 Å². The van der Waals surface area contributed by atoms with E-state index < -0.39 is 0 Å². The Bertz CT molecular complexity index is 559. The Morgan fingerprint density at radius 3 is 1.88 bits per heavy atom. The SMILES string of the molecule is CCC/C=C/CCCCCCCCCCCCCCCCC1N=CC[N+]1(CC)C(C)NC(C)=O. The van der Waals surface area contributed by atoms with Gasteiger partial charge >= 0.3 is 0 Å². The topological polar surface area (TPSA) is 41.5 Å². The van der Waals surface area contributed by atoms with Crippen LogP contribution in [0.3, 0.4) is 0 Å². The first-order valence-electron chi connectivity index (χ1n) is 14.9. The minimum Gasteiger partial charge on any atom is -0.307 e. The molecule has 4 heteroatoms. The summed E-state index contributed by atoms with van der Waals surface area (Å²) < 4.78 is 0.885. The van der Waals surface area contributed by atoms with E-state index in [9.17, 15) is 4.79 Å². The Kier molecular flexibility index (Phi) is 18.2. The fourth-order valence-corrected chi connectivity index (χ4v) is 5.47. The number of hydrogen-bond donors (Lipinski definition) is 1. The van der Waals surface area contributed by atoms with Gasteiger partial charge in [-0.1, -0.05) is 103 Å². The number of carbonyl (C=O) groups is 1. The molecule has 1 N–H and O–H groups in total. The number of carbonyl (C=O) groups excluding carboxylic acids is 1. The van der Waals surface area contributed by atoms with Gasteiger partial charge in [0.1, 0.15) is 6.54 Å². The molecule has 1 aliphatic rings. The van der Waals surface area contributed by atoms with Crippen LogP contribution in [0.15, 0.2) is 17.1 Å². The van der Waals surface area contributed by atoms with Crippen LogP contribution >= 0.6 is 0 Å². The lowest BCUT2D eigenvalue weighted by Gasteiger charge is -2.42. The lowest BCUT2D eigenvalue weighted by atomic mass is 10.0. The van der Waals surface area contributed by atoms with Gasteiger partial charge in [-0.15, -0.1) is 0 Å². The smallest absolute Gasteiger partial charge is 0.221 e. The molecule has 0 bridgehead atoms. The molecule has 34 heavy (non-hydrogen) atoms. The maximum absolute atomic E-state index is 11.6. The number of quaternary nitrogens is 1. The highest BCUT2D eigenvalue weighted by molar-refractivity contribution is 5.73. The third kappa shape index (κ3) is 13.1. The molecule has 198 valence electrons. The summed E-state index contributed by atoms with van der Waals surface area (Å²) in [4.78, 5) is 16.4. The minimum absolute atomic E-state index is 0.0606. The van der Waals surface area contributed by atoms with Gasteiger partial charge < -0.3 is 5.32 Å². The van der Waals surface area contributed by atoms with E-state index in [1.165, 1.54) is 109 Å². The molecule has 0 aromatic heterocycles. The maximum Gasteiger partial charge on any atom is 0.221 e. The van der Waals surface area contributed by atoms with Crippen LogP contribution in [0.5, 0.6) is 0 Å². The normalized spacial score (nSPS) is 20.9. The molecule has 4 nitrogen and oxygen atoms in total. The summed E-state index contributed by atoms with van der Waals surface area (Å²) in [7, 11) is 0. The average molecular weight is 477 g/mol. The molecule has 3 unspecified atom stereocenters. The van der Waals surface area contributed by atoms with Gasteiger partial charge in [-0.25, -0.2) is 4.99 Å². The van der Waals surface area contributed by atoms with E-state index in [4.69, 9.17) is 4.99 Å². The first-order chi connectivity index (χ1) is 16.6. The van der Waals surface area contributed by atoms with Crippen LogP contribution in [0.2, 0.25) is 0 Å². The first kappa shape index (κ1) is 30.9. The summed E-state index contributed by atoms with van der Waals surface area (Å²) in [6.07, 6.45) is 31.7. The van der Waals surface area contributed by atoms with Gasteiger partial charge in [0.15, 0.2) is 12.3 Å². The van der Waals surface area contributed by atoms with Crippen LogP contribution in [0, 0.1) is 0 Å². The number of amides is 1. The van der Waals surface area contributed by atoms with Crippen molar-refractivity contribution in [3.8, 4) is 0 Å². The van der Waals surface area contributed by atoms with Crippen molar-refractivity contribution >= 4 is 12.1 Å². The van der Waals surface area contributed by atoms with Crippen molar-refractivity contribution in [2.24, 2.45) is 4.99 Å². The largest absolute Gasteiger partial charge is 0.307 e. The van der Waals surface area contributed by atoms with Crippen LogP contribution in [0.25, 0.3) is 0 Å². The summed E-state index contributed by atoms with van der Waals surface area (Å²) in [5.74, 6) is 0.0606. The van der Waals surface area contributed by atoms with E-state index in [1.54, 1.807) is 6.92 Å². The van der Waals surface area contributed by atoms with E-state index in [-0.39, 0.29) is 12.1 Å². The van der Waals surface area contributed by atoms with Gasteiger partial charge in [-0.05, 0) is 32.6 Å². The Morgan fingerprint density at radius 2 is 1.38 bits per heavy atom. The molecule has 0 fully saturated rings. The highest BCUT2D eigenvalue weighted by Gasteiger charge is 2.42. The number of nitrogens with zero attached hydrogens (tertiary/aromatic N) is 2. The molecule has 0 aliphatic carbocycles. The second-order valence-corrected chi connectivity index (χ2v) is 10.6. The zero-order valence-corrected chi connectivity index (χ0v) is 23.3. The van der Waals surface area contributed by atoms with Gasteiger partial charge in [-0.3, -0.25) is 9.28 Å². The molecule has 1 aliphatic heterocycles. The van der Waals surface area contributed by atoms with Crippen LogP contribution in [0.4, 0.5) is 0 Å². The Labute approximate surface area is 212 Å². The third-order valence-corrected chi connectivity index (χ3v) is 7.77.